The first-order chi connectivity index (χ1) is 8.61. The van der Waals surface area contributed by atoms with Crippen molar-refractivity contribution in [3.8, 4) is 0 Å². The lowest BCUT2D eigenvalue weighted by Gasteiger charge is -2.24. The monoisotopic (exact) mass is 285 g/mol. The van der Waals surface area contributed by atoms with E-state index >= 15 is 0 Å². The molecule has 0 radical (unpaired) electrons. The minimum atomic E-state index is -1.10. The maximum Gasteiger partial charge on any atom is 0.242 e. The van der Waals surface area contributed by atoms with Gasteiger partial charge >= 0.3 is 0 Å². The number of amides is 1. The average Bonchev–Trinajstić information content (AvgIpc) is 2.90. The number of aliphatic hydroxyl groups excluding tert-OH is 1. The molecule has 1 aromatic rings. The van der Waals surface area contributed by atoms with Gasteiger partial charge in [-0.05, 0) is 18.9 Å². The minimum Gasteiger partial charge on any atom is -0.386 e. The molecule has 1 fully saturated rings. The van der Waals surface area contributed by atoms with E-state index in [-0.39, 0.29) is 13.3 Å². The van der Waals surface area contributed by atoms with Crippen LogP contribution in [-0.4, -0.2) is 40.0 Å². The van der Waals surface area contributed by atoms with Gasteiger partial charge in [0.05, 0.1) is 5.02 Å². The Morgan fingerprint density at radius 2 is 2.11 bits per heavy atom. The van der Waals surface area contributed by atoms with E-state index in [9.17, 15) is 9.90 Å². The van der Waals surface area contributed by atoms with E-state index in [4.69, 9.17) is 17.3 Å². The van der Waals surface area contributed by atoms with Gasteiger partial charge in [-0.15, -0.1) is 0 Å². The summed E-state index contributed by atoms with van der Waals surface area (Å²) in [5.41, 5.74) is 6.26. The molecule has 1 saturated heterocycles. The summed E-state index contributed by atoms with van der Waals surface area (Å²) in [5, 5.41) is 10.4. The van der Waals surface area contributed by atoms with Crippen molar-refractivity contribution < 1.29 is 9.90 Å². The van der Waals surface area contributed by atoms with Crippen LogP contribution in [0.2, 0.25) is 5.02 Å². The smallest absolute Gasteiger partial charge is 0.242 e. The van der Waals surface area contributed by atoms with Gasteiger partial charge in [-0.1, -0.05) is 19.0 Å². The maximum absolute atomic E-state index is 12.1. The van der Waals surface area contributed by atoms with E-state index in [2.05, 4.69) is 4.98 Å². The van der Waals surface area contributed by atoms with Gasteiger partial charge in [-0.25, -0.2) is 0 Å². The third-order valence-electron chi connectivity index (χ3n) is 3.17. The number of halogens is 1. The molecule has 1 aliphatic heterocycles. The van der Waals surface area contributed by atoms with Gasteiger partial charge < -0.3 is 15.7 Å². The van der Waals surface area contributed by atoms with E-state index < -0.39 is 12.1 Å². The van der Waals surface area contributed by atoms with Gasteiger partial charge in [0.2, 0.25) is 5.91 Å². The lowest BCUT2D eigenvalue weighted by molar-refractivity contribution is -0.134. The highest BCUT2D eigenvalue weighted by Gasteiger charge is 2.30. The molecular weight excluding hydrogens is 266 g/mol. The summed E-state index contributed by atoms with van der Waals surface area (Å²) in [6, 6.07) is 0.590. The number of nitrogens with two attached hydrogens (primary N) is 1. The van der Waals surface area contributed by atoms with Crippen LogP contribution in [0.25, 0.3) is 0 Å². The van der Waals surface area contributed by atoms with Crippen LogP contribution in [0.5, 0.6) is 0 Å². The Hall–Kier alpha value is -1.17. The first-order valence-corrected chi connectivity index (χ1v) is 6.31. The van der Waals surface area contributed by atoms with Crippen molar-refractivity contribution in [1.29, 1.82) is 0 Å². The molecule has 5 nitrogen and oxygen atoms in total. The van der Waals surface area contributed by atoms with Crippen molar-refractivity contribution >= 4 is 17.5 Å². The van der Waals surface area contributed by atoms with Crippen molar-refractivity contribution in [3.63, 3.8) is 0 Å². The maximum atomic E-state index is 12.1. The fraction of sp³-hybridized carbons (Fsp3) is 0.538. The Balaban J connectivity index is 0.00000180. The van der Waals surface area contributed by atoms with Crippen LogP contribution >= 0.6 is 11.6 Å². The summed E-state index contributed by atoms with van der Waals surface area (Å²) < 4.78 is 0. The lowest BCUT2D eigenvalue weighted by Crippen LogP contribution is -2.45. The van der Waals surface area contributed by atoms with Gasteiger partial charge in [-0.3, -0.25) is 9.78 Å². The van der Waals surface area contributed by atoms with Crippen molar-refractivity contribution in [2.45, 2.75) is 32.4 Å². The number of likely N-dealkylation sites (tertiary alicyclic amines) is 1. The number of aromatic nitrogens is 1. The number of carbonyl (C=O) groups excluding carboxylic acids is 1. The van der Waals surface area contributed by atoms with E-state index in [1.165, 1.54) is 12.4 Å². The van der Waals surface area contributed by atoms with Crippen LogP contribution in [-0.2, 0) is 4.79 Å². The van der Waals surface area contributed by atoms with E-state index in [1.807, 2.05) is 0 Å². The van der Waals surface area contributed by atoms with Crippen LogP contribution in [0.4, 0.5) is 0 Å². The summed E-state index contributed by atoms with van der Waals surface area (Å²) in [4.78, 5) is 17.6. The van der Waals surface area contributed by atoms with Crippen LogP contribution < -0.4 is 5.73 Å². The van der Waals surface area contributed by atoms with E-state index in [0.29, 0.717) is 23.7 Å². The molecule has 1 aliphatic rings. The zero-order chi connectivity index (χ0) is 13.1. The Morgan fingerprint density at radius 3 is 2.68 bits per heavy atom. The third-order valence-corrected chi connectivity index (χ3v) is 3.48. The first kappa shape index (κ1) is 15.9. The zero-order valence-electron chi connectivity index (χ0n) is 9.92. The number of hydrogen-bond donors (Lipinski definition) is 2. The van der Waals surface area contributed by atoms with Gasteiger partial charge in [0.25, 0.3) is 0 Å². The van der Waals surface area contributed by atoms with E-state index in [0.717, 1.165) is 12.8 Å². The molecular formula is C13H20ClN3O2. The van der Waals surface area contributed by atoms with Crippen LogP contribution in [0.3, 0.4) is 0 Å². The van der Waals surface area contributed by atoms with Crippen molar-refractivity contribution in [3.05, 3.63) is 29.0 Å². The van der Waals surface area contributed by atoms with Gasteiger partial charge in [-0.2, -0.15) is 0 Å². The Morgan fingerprint density at radius 1 is 1.47 bits per heavy atom. The lowest BCUT2D eigenvalue weighted by atomic mass is 10.0. The van der Waals surface area contributed by atoms with Crippen molar-refractivity contribution in [2.24, 2.45) is 5.73 Å². The number of rotatable bonds is 3. The van der Waals surface area contributed by atoms with E-state index in [1.54, 1.807) is 11.0 Å². The summed E-state index contributed by atoms with van der Waals surface area (Å²) in [5.74, 6) is -0.229. The fourth-order valence-electron chi connectivity index (χ4n) is 2.10. The number of pyridine rings is 1. The Kier molecular flexibility index (Phi) is 5.72. The SMILES string of the molecule is C.N[C@@H](C(=O)N1CCCC1)[C@@H](O)c1ccncc1Cl. The summed E-state index contributed by atoms with van der Waals surface area (Å²) in [7, 11) is 0. The molecule has 1 amide bonds. The van der Waals surface area contributed by atoms with Gasteiger partial charge in [0, 0.05) is 31.0 Å². The highest BCUT2D eigenvalue weighted by Crippen LogP contribution is 2.24. The summed E-state index contributed by atoms with van der Waals surface area (Å²) in [6.07, 6.45) is 3.81. The predicted molar refractivity (Wildman–Crippen MR) is 74.7 cm³/mol. The minimum absolute atomic E-state index is 0. The molecule has 6 heteroatoms. The molecule has 0 saturated carbocycles. The Labute approximate surface area is 118 Å². The second kappa shape index (κ2) is 6.84. The number of aliphatic hydroxyl groups is 1. The van der Waals surface area contributed by atoms with Crippen LogP contribution in [0.1, 0.15) is 31.9 Å². The molecule has 0 aliphatic carbocycles. The molecule has 3 N–H and O–H groups in total. The second-order valence-electron chi connectivity index (χ2n) is 4.40. The van der Waals surface area contributed by atoms with Crippen molar-refractivity contribution in [2.75, 3.05) is 13.1 Å². The molecule has 0 bridgehead atoms. The normalized spacial score (nSPS) is 17.7. The summed E-state index contributed by atoms with van der Waals surface area (Å²) in [6.45, 7) is 1.42. The molecule has 2 atom stereocenters. The number of carbonyl (C=O) groups is 1. The molecule has 0 aromatic carbocycles. The number of hydrogen-bond acceptors (Lipinski definition) is 4. The average molecular weight is 286 g/mol. The third kappa shape index (κ3) is 3.43. The molecule has 2 heterocycles. The first-order valence-electron chi connectivity index (χ1n) is 5.93. The topological polar surface area (TPSA) is 79.5 Å². The molecule has 2 rings (SSSR count). The highest BCUT2D eigenvalue weighted by molar-refractivity contribution is 6.31. The fourth-order valence-corrected chi connectivity index (χ4v) is 2.33. The number of nitrogens with zero attached hydrogens (tertiary/aromatic N) is 2. The Bertz CT molecular complexity index is 436. The second-order valence-corrected chi connectivity index (χ2v) is 4.81. The van der Waals surface area contributed by atoms with Gasteiger partial charge in [0.1, 0.15) is 12.1 Å². The van der Waals surface area contributed by atoms with Crippen LogP contribution in [0.15, 0.2) is 18.5 Å². The van der Waals surface area contributed by atoms with Gasteiger partial charge in [0.15, 0.2) is 0 Å². The molecule has 106 valence electrons. The predicted octanol–water partition coefficient (Wildman–Crippen LogP) is 1.35. The molecule has 0 spiro atoms. The molecule has 0 unspecified atom stereocenters. The highest BCUT2D eigenvalue weighted by atomic mass is 35.5. The van der Waals surface area contributed by atoms with Crippen LogP contribution in [0, 0.1) is 0 Å². The molecule has 1 aromatic heterocycles. The largest absolute Gasteiger partial charge is 0.386 e. The van der Waals surface area contributed by atoms with Crippen molar-refractivity contribution in [1.82, 2.24) is 9.88 Å². The molecule has 19 heavy (non-hydrogen) atoms. The summed E-state index contributed by atoms with van der Waals surface area (Å²) >= 11 is 5.92. The zero-order valence-corrected chi connectivity index (χ0v) is 10.7. The standard InChI is InChI=1S/C12H16ClN3O2.CH4/c13-9-7-15-4-3-8(9)11(17)10(14)12(18)16-5-1-2-6-16;/h3-4,7,10-11,17H,1-2,5-6,14H2;1H4/t10-,11+;/m1./s1. The quantitative estimate of drug-likeness (QED) is 0.879.